The maximum atomic E-state index is 13.3. The minimum absolute atomic E-state index is 0.0302. The highest BCUT2D eigenvalue weighted by atomic mass is 16.2. The van der Waals surface area contributed by atoms with Crippen molar-refractivity contribution in [3.05, 3.63) is 70.3 Å². The third-order valence-corrected chi connectivity index (χ3v) is 5.32. The summed E-state index contributed by atoms with van der Waals surface area (Å²) in [5.74, 6) is -0.128. The van der Waals surface area contributed by atoms with Gasteiger partial charge >= 0.3 is 0 Å². The summed E-state index contributed by atoms with van der Waals surface area (Å²) in [6.45, 7) is 11.1. The molecule has 1 atom stereocenters. The molecule has 0 heterocycles. The highest BCUT2D eigenvalue weighted by Gasteiger charge is 2.26. The van der Waals surface area contributed by atoms with Crippen LogP contribution >= 0.6 is 0 Å². The fourth-order valence-electron chi connectivity index (χ4n) is 3.26. The van der Waals surface area contributed by atoms with E-state index in [0.717, 1.165) is 35.1 Å². The molecule has 0 spiro atoms. The summed E-state index contributed by atoms with van der Waals surface area (Å²) in [4.78, 5) is 27.6. The molecule has 0 aromatic heterocycles. The van der Waals surface area contributed by atoms with E-state index in [1.54, 1.807) is 4.90 Å². The molecule has 0 radical (unpaired) electrons. The number of carbonyl (C=O) groups excluding carboxylic acids is 2. The van der Waals surface area contributed by atoms with Gasteiger partial charge in [0.25, 0.3) is 0 Å². The van der Waals surface area contributed by atoms with Crippen LogP contribution in [0.3, 0.4) is 0 Å². The van der Waals surface area contributed by atoms with Gasteiger partial charge in [0, 0.05) is 13.1 Å². The van der Waals surface area contributed by atoms with Gasteiger partial charge in [0.2, 0.25) is 11.8 Å². The number of unbranched alkanes of at least 4 members (excludes halogenated alkanes) is 1. The first kappa shape index (κ1) is 22.7. The van der Waals surface area contributed by atoms with Crippen LogP contribution in [0.2, 0.25) is 0 Å². The van der Waals surface area contributed by atoms with E-state index in [1.165, 1.54) is 5.56 Å². The lowest BCUT2D eigenvalue weighted by Gasteiger charge is -2.29. The van der Waals surface area contributed by atoms with Crippen LogP contribution in [0, 0.1) is 20.8 Å². The van der Waals surface area contributed by atoms with E-state index >= 15 is 0 Å². The average Bonchev–Trinajstić information content (AvgIpc) is 2.69. The topological polar surface area (TPSA) is 49.4 Å². The summed E-state index contributed by atoms with van der Waals surface area (Å²) in [6, 6.07) is 13.8. The number of benzene rings is 2. The first-order valence-corrected chi connectivity index (χ1v) is 10.5. The first-order valence-electron chi connectivity index (χ1n) is 10.5. The monoisotopic (exact) mass is 394 g/mol. The third kappa shape index (κ3) is 6.74. The van der Waals surface area contributed by atoms with Gasteiger partial charge in [0.1, 0.15) is 6.04 Å². The summed E-state index contributed by atoms with van der Waals surface area (Å²) in [5.41, 5.74) is 5.45. The van der Waals surface area contributed by atoms with Crippen LogP contribution in [0.4, 0.5) is 0 Å². The Morgan fingerprint density at radius 3 is 2.31 bits per heavy atom. The van der Waals surface area contributed by atoms with Gasteiger partial charge in [-0.1, -0.05) is 66.9 Å². The second kappa shape index (κ2) is 10.8. The largest absolute Gasteiger partial charge is 0.354 e. The van der Waals surface area contributed by atoms with Gasteiger partial charge in [0.15, 0.2) is 0 Å². The lowest BCUT2D eigenvalue weighted by molar-refractivity contribution is -0.140. The second-order valence-corrected chi connectivity index (χ2v) is 7.93. The molecule has 0 saturated carbocycles. The van der Waals surface area contributed by atoms with Gasteiger partial charge in [-0.2, -0.15) is 0 Å². The molecule has 0 aliphatic heterocycles. The molecule has 0 unspecified atom stereocenters. The van der Waals surface area contributed by atoms with E-state index in [2.05, 4.69) is 24.4 Å². The number of aryl methyl sites for hydroxylation is 3. The maximum absolute atomic E-state index is 13.3. The molecule has 2 amide bonds. The van der Waals surface area contributed by atoms with Crippen LogP contribution in [0.15, 0.2) is 42.5 Å². The molecule has 4 nitrogen and oxygen atoms in total. The van der Waals surface area contributed by atoms with E-state index in [9.17, 15) is 9.59 Å². The third-order valence-electron chi connectivity index (χ3n) is 5.32. The zero-order valence-corrected chi connectivity index (χ0v) is 18.4. The van der Waals surface area contributed by atoms with Crippen molar-refractivity contribution in [3.63, 3.8) is 0 Å². The number of hydrogen-bond donors (Lipinski definition) is 1. The molecular formula is C25H34N2O2. The Morgan fingerprint density at radius 1 is 1.00 bits per heavy atom. The molecule has 2 aromatic carbocycles. The Bertz CT molecular complexity index is 827. The average molecular weight is 395 g/mol. The Balaban J connectivity index is 2.22. The molecule has 2 rings (SSSR count). The summed E-state index contributed by atoms with van der Waals surface area (Å²) in [7, 11) is 0. The van der Waals surface area contributed by atoms with Crippen LogP contribution in [0.5, 0.6) is 0 Å². The van der Waals surface area contributed by atoms with Crippen molar-refractivity contribution in [1.29, 1.82) is 0 Å². The highest BCUT2D eigenvalue weighted by molar-refractivity contribution is 5.88. The highest BCUT2D eigenvalue weighted by Crippen LogP contribution is 2.16. The predicted molar refractivity (Wildman–Crippen MR) is 119 cm³/mol. The van der Waals surface area contributed by atoms with Gasteiger partial charge < -0.3 is 10.2 Å². The van der Waals surface area contributed by atoms with Crippen molar-refractivity contribution in [2.45, 2.75) is 66.5 Å². The quantitative estimate of drug-likeness (QED) is 0.637. The number of nitrogens with one attached hydrogen (secondary N) is 1. The SMILES string of the molecule is CCCCNC(=O)[C@H](C)N(Cc1ccc(C)cc1)C(=O)Cc1cc(C)ccc1C. The fraction of sp³-hybridized carbons (Fsp3) is 0.440. The maximum Gasteiger partial charge on any atom is 0.242 e. The zero-order valence-electron chi connectivity index (χ0n) is 18.4. The summed E-state index contributed by atoms with van der Waals surface area (Å²) in [5, 5.41) is 2.97. The molecule has 0 fully saturated rings. The molecule has 1 N–H and O–H groups in total. The minimum Gasteiger partial charge on any atom is -0.354 e. The molecule has 0 bridgehead atoms. The van der Waals surface area contributed by atoms with Gasteiger partial charge in [-0.05, 0) is 50.8 Å². The molecule has 0 aliphatic rings. The Hall–Kier alpha value is -2.62. The van der Waals surface area contributed by atoms with Crippen molar-refractivity contribution in [3.8, 4) is 0 Å². The molecule has 0 aliphatic carbocycles. The van der Waals surface area contributed by atoms with Gasteiger partial charge in [0.05, 0.1) is 6.42 Å². The smallest absolute Gasteiger partial charge is 0.242 e. The van der Waals surface area contributed by atoms with Gasteiger partial charge in [-0.15, -0.1) is 0 Å². The van der Waals surface area contributed by atoms with Crippen LogP contribution in [0.25, 0.3) is 0 Å². The number of hydrogen-bond acceptors (Lipinski definition) is 2. The summed E-state index contributed by atoms with van der Waals surface area (Å²) < 4.78 is 0. The fourth-order valence-corrected chi connectivity index (χ4v) is 3.26. The van der Waals surface area contributed by atoms with Crippen LogP contribution in [-0.4, -0.2) is 29.3 Å². The molecule has 2 aromatic rings. The van der Waals surface area contributed by atoms with Crippen molar-refractivity contribution < 1.29 is 9.59 Å². The Labute approximate surface area is 175 Å². The Kier molecular flexibility index (Phi) is 8.44. The predicted octanol–water partition coefficient (Wildman–Crippen LogP) is 4.49. The van der Waals surface area contributed by atoms with Crippen molar-refractivity contribution in [1.82, 2.24) is 10.2 Å². The Morgan fingerprint density at radius 2 is 1.66 bits per heavy atom. The van der Waals surface area contributed by atoms with Crippen LogP contribution < -0.4 is 5.32 Å². The van der Waals surface area contributed by atoms with Crippen LogP contribution in [0.1, 0.15) is 54.5 Å². The number of amides is 2. The standard InChI is InChI=1S/C25H34N2O2/c1-6-7-14-26-25(29)21(5)27(17-22-12-9-18(2)10-13-22)24(28)16-23-15-19(3)8-11-20(23)4/h8-13,15,21H,6-7,14,16-17H2,1-5H3,(H,26,29)/t21-/m0/s1. The van der Waals surface area contributed by atoms with Crippen molar-refractivity contribution in [2.24, 2.45) is 0 Å². The first-order chi connectivity index (χ1) is 13.8. The number of rotatable bonds is 9. The van der Waals surface area contributed by atoms with E-state index in [0.29, 0.717) is 19.5 Å². The lowest BCUT2D eigenvalue weighted by atomic mass is 10.0. The molecule has 4 heteroatoms. The van der Waals surface area contributed by atoms with Crippen LogP contribution in [-0.2, 0) is 22.6 Å². The van der Waals surface area contributed by atoms with E-state index in [1.807, 2.05) is 58.0 Å². The van der Waals surface area contributed by atoms with Gasteiger partial charge in [-0.25, -0.2) is 0 Å². The van der Waals surface area contributed by atoms with Gasteiger partial charge in [-0.3, -0.25) is 9.59 Å². The van der Waals surface area contributed by atoms with E-state index < -0.39 is 6.04 Å². The zero-order chi connectivity index (χ0) is 21.4. The summed E-state index contributed by atoms with van der Waals surface area (Å²) in [6.07, 6.45) is 2.26. The molecule has 156 valence electrons. The molecule has 0 saturated heterocycles. The number of nitrogens with zero attached hydrogens (tertiary/aromatic N) is 1. The molecule has 29 heavy (non-hydrogen) atoms. The minimum atomic E-state index is -0.522. The second-order valence-electron chi connectivity index (χ2n) is 7.93. The van der Waals surface area contributed by atoms with E-state index in [4.69, 9.17) is 0 Å². The molecular weight excluding hydrogens is 360 g/mol. The van der Waals surface area contributed by atoms with E-state index in [-0.39, 0.29) is 11.8 Å². The summed E-state index contributed by atoms with van der Waals surface area (Å²) >= 11 is 0. The normalized spacial score (nSPS) is 11.8. The number of carbonyl (C=O) groups is 2. The van der Waals surface area contributed by atoms with Crippen molar-refractivity contribution >= 4 is 11.8 Å². The van der Waals surface area contributed by atoms with Crippen molar-refractivity contribution in [2.75, 3.05) is 6.54 Å². The lowest BCUT2D eigenvalue weighted by Crippen LogP contribution is -2.48.